The van der Waals surface area contributed by atoms with Crippen LogP contribution in [-0.2, 0) is 4.79 Å². The van der Waals surface area contributed by atoms with E-state index in [1.54, 1.807) is 0 Å². The fraction of sp³-hybridized carbons (Fsp3) is 0.333. The van der Waals surface area contributed by atoms with Crippen molar-refractivity contribution in [2.45, 2.75) is 0 Å². The average molecular weight is 157 g/mol. The molecule has 0 aromatic heterocycles. The summed E-state index contributed by atoms with van der Waals surface area (Å²) in [6.07, 6.45) is 0. The number of hydrogen-bond acceptors (Lipinski definition) is 3. The van der Waals surface area contributed by atoms with Crippen molar-refractivity contribution >= 4 is 22.9 Å². The van der Waals surface area contributed by atoms with Crippen LogP contribution < -0.4 is 56.7 Å². The van der Waals surface area contributed by atoms with Crippen LogP contribution in [0.4, 0.5) is 4.79 Å². The third-order valence-corrected chi connectivity index (χ3v) is 1.35. The van der Waals surface area contributed by atoms with E-state index in [1.807, 2.05) is 0 Å². The van der Waals surface area contributed by atoms with Gasteiger partial charge in [-0.15, -0.1) is 0 Å². The van der Waals surface area contributed by atoms with E-state index in [4.69, 9.17) is 0 Å². The Morgan fingerprint density at radius 3 is 2.38 bits per heavy atom. The van der Waals surface area contributed by atoms with Crippen molar-refractivity contribution in [1.29, 1.82) is 0 Å². The smallest absolute Gasteiger partial charge is 1.00 e. The minimum absolute atomic E-state index is 0. The van der Waals surface area contributed by atoms with Crippen molar-refractivity contribution < 1.29 is 62.4 Å². The van der Waals surface area contributed by atoms with E-state index >= 15 is 0 Å². The summed E-state index contributed by atoms with van der Waals surface area (Å²) in [6.45, 7) is 0. The Morgan fingerprint density at radius 2 is 2.25 bits per heavy atom. The zero-order chi connectivity index (χ0) is 5.28. The first-order chi connectivity index (χ1) is 3.29. The van der Waals surface area contributed by atoms with Gasteiger partial charge in [0.1, 0.15) is 0 Å². The second-order valence-corrected chi connectivity index (χ2v) is 2.07. The molecule has 0 bridgehead atoms. The van der Waals surface area contributed by atoms with E-state index in [0.29, 0.717) is 5.75 Å². The summed E-state index contributed by atoms with van der Waals surface area (Å²) in [7, 11) is 0. The molecule has 1 saturated heterocycles. The summed E-state index contributed by atoms with van der Waals surface area (Å²) in [5, 5.41) is 1.87. The third-order valence-electron chi connectivity index (χ3n) is 0.576. The first-order valence-corrected chi connectivity index (χ1v) is 2.74. The van der Waals surface area contributed by atoms with Crippen molar-refractivity contribution in [3.8, 4) is 0 Å². The summed E-state index contributed by atoms with van der Waals surface area (Å²) in [5.74, 6) is 0.105. The normalized spacial score (nSPS) is 17.5. The van der Waals surface area contributed by atoms with Crippen molar-refractivity contribution in [3.63, 3.8) is 0 Å². The van der Waals surface area contributed by atoms with E-state index in [0.717, 1.165) is 11.8 Å². The molecule has 0 unspecified atom stereocenters. The minimum Gasteiger partial charge on any atom is -1.00 e. The number of nitrogens with one attached hydrogen (secondary N) is 1. The van der Waals surface area contributed by atoms with E-state index in [1.165, 1.54) is 0 Å². The van der Waals surface area contributed by atoms with Gasteiger partial charge in [-0.05, 0) is 0 Å². The van der Waals surface area contributed by atoms with Crippen LogP contribution in [0, 0.1) is 0 Å². The van der Waals surface area contributed by atoms with Gasteiger partial charge >= 0.3 is 51.4 Å². The Hall–Kier alpha value is 1.13. The van der Waals surface area contributed by atoms with Gasteiger partial charge in [0, 0.05) is 0 Å². The zero-order valence-corrected chi connectivity index (χ0v) is 8.37. The number of carbonyl (C=O) groups is 2. The maximum Gasteiger partial charge on any atom is 1.00 e. The fourth-order valence-electron chi connectivity index (χ4n) is 0.317. The van der Waals surface area contributed by atoms with Crippen LogP contribution in [0.3, 0.4) is 0 Å². The molecular weight excluding hydrogens is 153 g/mol. The number of hydrogen-bond donors (Lipinski definition) is 1. The molecule has 0 saturated carbocycles. The van der Waals surface area contributed by atoms with E-state index in [-0.39, 0.29) is 64.0 Å². The molecule has 5 heteroatoms. The summed E-state index contributed by atoms with van der Waals surface area (Å²) < 4.78 is 0. The Morgan fingerprint density at radius 1 is 1.62 bits per heavy atom. The first-order valence-electron chi connectivity index (χ1n) is 1.75. The van der Waals surface area contributed by atoms with Crippen LogP contribution >= 0.6 is 11.8 Å². The Kier molecular flexibility index (Phi) is 4.59. The minimum atomic E-state index is -0.231. The molecule has 8 heavy (non-hydrogen) atoms. The van der Waals surface area contributed by atoms with Gasteiger partial charge < -0.3 is 1.43 Å². The van der Waals surface area contributed by atoms with Crippen molar-refractivity contribution in [3.05, 3.63) is 0 Å². The molecule has 0 spiro atoms. The van der Waals surface area contributed by atoms with Gasteiger partial charge in [-0.2, -0.15) is 0 Å². The number of amides is 2. The van der Waals surface area contributed by atoms with Crippen molar-refractivity contribution in [2.75, 3.05) is 5.75 Å². The van der Waals surface area contributed by atoms with Gasteiger partial charge in [0.2, 0.25) is 5.91 Å². The molecule has 1 fully saturated rings. The molecule has 2 amide bonds. The van der Waals surface area contributed by atoms with Gasteiger partial charge in [-0.1, -0.05) is 11.8 Å². The monoisotopic (exact) mass is 157 g/mol. The molecule has 3 nitrogen and oxygen atoms in total. The van der Waals surface area contributed by atoms with Crippen molar-refractivity contribution in [1.82, 2.24) is 5.32 Å². The van der Waals surface area contributed by atoms with Crippen molar-refractivity contribution in [2.24, 2.45) is 0 Å². The van der Waals surface area contributed by atoms with Crippen LogP contribution in [0.15, 0.2) is 0 Å². The Balaban J connectivity index is 0. The Bertz CT molecular complexity index is 117. The molecule has 1 aliphatic rings. The largest absolute Gasteiger partial charge is 1.00 e. The van der Waals surface area contributed by atoms with E-state index in [9.17, 15) is 9.59 Å². The molecule has 1 aliphatic heterocycles. The van der Waals surface area contributed by atoms with E-state index < -0.39 is 0 Å². The fourth-order valence-corrected chi connectivity index (χ4v) is 0.837. The maximum absolute atomic E-state index is 10.1. The van der Waals surface area contributed by atoms with Crippen LogP contribution in [0.25, 0.3) is 0 Å². The van der Waals surface area contributed by atoms with Crippen LogP contribution in [0.2, 0.25) is 0 Å². The van der Waals surface area contributed by atoms with Gasteiger partial charge in [0.05, 0.1) is 5.75 Å². The van der Waals surface area contributed by atoms with Crippen LogP contribution in [0.5, 0.6) is 0 Å². The molecular formula is C3H4KNO2S. The number of carbonyl (C=O) groups excluding carboxylic acids is 2. The summed E-state index contributed by atoms with van der Waals surface area (Å²) >= 11 is 1.01. The zero-order valence-electron chi connectivity index (χ0n) is 5.43. The summed E-state index contributed by atoms with van der Waals surface area (Å²) in [4.78, 5) is 20.2. The van der Waals surface area contributed by atoms with Gasteiger partial charge in [0.15, 0.2) is 0 Å². The number of rotatable bonds is 0. The maximum atomic E-state index is 10.1. The molecule has 0 aromatic carbocycles. The SMILES string of the molecule is O=C1CSC(=O)N1.[H-].[K+]. The number of imide groups is 1. The van der Waals surface area contributed by atoms with Crippen LogP contribution in [-0.4, -0.2) is 16.9 Å². The van der Waals surface area contributed by atoms with E-state index in [2.05, 4.69) is 5.32 Å². The third kappa shape index (κ3) is 2.61. The topological polar surface area (TPSA) is 46.2 Å². The Labute approximate surface area is 94.9 Å². The van der Waals surface area contributed by atoms with Gasteiger partial charge in [-0.3, -0.25) is 14.9 Å². The summed E-state index contributed by atoms with van der Waals surface area (Å²) in [5.41, 5.74) is 0. The molecule has 0 atom stereocenters. The number of thioether (sulfide) groups is 1. The molecule has 0 aliphatic carbocycles. The molecule has 1 rings (SSSR count). The standard InChI is InChI=1S/C3H3NO2S.K.H/c5-2-1-7-3(6)4-2;;/h1H2,(H,4,5,6);;/q;+1;-1. The van der Waals surface area contributed by atoms with Crippen LogP contribution in [0.1, 0.15) is 1.43 Å². The second-order valence-electron chi connectivity index (χ2n) is 1.12. The predicted molar refractivity (Wildman–Crippen MR) is 27.1 cm³/mol. The second kappa shape index (κ2) is 4.02. The molecule has 0 aromatic rings. The quantitative estimate of drug-likeness (QED) is 0.383. The molecule has 40 valence electrons. The molecule has 1 heterocycles. The van der Waals surface area contributed by atoms with Gasteiger partial charge in [-0.25, -0.2) is 0 Å². The van der Waals surface area contributed by atoms with Gasteiger partial charge in [0.25, 0.3) is 5.24 Å². The first kappa shape index (κ1) is 9.13. The average Bonchev–Trinajstić information content (AvgIpc) is 1.87. The molecule has 0 radical (unpaired) electrons. The summed E-state index contributed by atoms with van der Waals surface area (Å²) in [6, 6.07) is 0. The predicted octanol–water partition coefficient (Wildman–Crippen LogP) is -2.91. The molecule has 1 N–H and O–H groups in total.